The van der Waals surface area contributed by atoms with E-state index in [9.17, 15) is 13.2 Å². The molecule has 3 heterocycles. The van der Waals surface area contributed by atoms with Crippen molar-refractivity contribution in [3.63, 3.8) is 0 Å². The Balaban J connectivity index is 1.34. The molecular weight excluding hydrogens is 464 g/mol. The van der Waals surface area contributed by atoms with Crippen molar-refractivity contribution in [1.82, 2.24) is 19.8 Å². The van der Waals surface area contributed by atoms with Gasteiger partial charge in [0.25, 0.3) is 0 Å². The zero-order chi connectivity index (χ0) is 25.2. The largest absolute Gasteiger partial charge is 0.354 e. The molecule has 0 N–H and O–H groups in total. The fourth-order valence-corrected chi connectivity index (χ4v) is 5.45. The number of nitrogens with zero attached hydrogens (tertiary/aromatic N) is 6. The van der Waals surface area contributed by atoms with Crippen LogP contribution in [0.25, 0.3) is 0 Å². The molecule has 10 heteroatoms. The highest BCUT2D eigenvalue weighted by atomic mass is 32.2. The number of hydrogen-bond acceptors (Lipinski definition) is 8. The Labute approximate surface area is 208 Å². The fourth-order valence-electron chi connectivity index (χ4n) is 4.39. The van der Waals surface area contributed by atoms with Crippen LogP contribution in [0.2, 0.25) is 0 Å². The first-order valence-corrected chi connectivity index (χ1v) is 13.8. The summed E-state index contributed by atoms with van der Waals surface area (Å²) in [5, 5.41) is -0.471. The third-order valence-electron chi connectivity index (χ3n) is 6.80. The van der Waals surface area contributed by atoms with Crippen LogP contribution < -0.4 is 9.80 Å². The Bertz CT molecular complexity index is 1140. The predicted molar refractivity (Wildman–Crippen MR) is 138 cm³/mol. The van der Waals surface area contributed by atoms with Crippen molar-refractivity contribution in [2.24, 2.45) is 0 Å². The molecule has 2 aliphatic heterocycles. The number of anilines is 2. The lowest BCUT2D eigenvalue weighted by molar-refractivity contribution is -0.130. The Kier molecular flexibility index (Phi) is 7.61. The minimum atomic E-state index is -3.31. The SMILES string of the molecule is Cc1cc(N2CCN(C)CC2)nc(N2CCN(C(=O)Cc3ccc(S(=O)(=O)C(C)C)cc3)CC2)n1. The zero-order valence-corrected chi connectivity index (χ0v) is 22.0. The number of amides is 1. The third-order valence-corrected chi connectivity index (χ3v) is 8.97. The predicted octanol–water partition coefficient (Wildman–Crippen LogP) is 1.61. The van der Waals surface area contributed by atoms with Gasteiger partial charge in [0, 0.05) is 64.1 Å². The summed E-state index contributed by atoms with van der Waals surface area (Å²) in [4.78, 5) is 31.4. The molecule has 2 fully saturated rings. The molecule has 1 aromatic carbocycles. The summed E-state index contributed by atoms with van der Waals surface area (Å²) in [7, 11) is -1.17. The lowest BCUT2D eigenvalue weighted by Gasteiger charge is -2.36. The maximum Gasteiger partial charge on any atom is 0.227 e. The standard InChI is InChI=1S/C25H36N6O3S/c1-19(2)35(33,34)22-7-5-21(6-8-22)18-24(32)30-13-15-31(16-14-30)25-26-20(3)17-23(27-25)29-11-9-28(4)10-12-29/h5-8,17,19H,9-16,18H2,1-4H3. The number of likely N-dealkylation sites (N-methyl/N-ethyl adjacent to an activating group) is 1. The first-order valence-electron chi connectivity index (χ1n) is 12.3. The van der Waals surface area contributed by atoms with Crippen molar-refractivity contribution in [2.75, 3.05) is 69.2 Å². The number of aromatic nitrogens is 2. The van der Waals surface area contributed by atoms with Crippen LogP contribution in [-0.4, -0.2) is 98.7 Å². The van der Waals surface area contributed by atoms with Crippen LogP contribution in [0.4, 0.5) is 11.8 Å². The van der Waals surface area contributed by atoms with Gasteiger partial charge in [-0.15, -0.1) is 0 Å². The van der Waals surface area contributed by atoms with E-state index in [1.54, 1.807) is 38.1 Å². The van der Waals surface area contributed by atoms with Gasteiger partial charge in [-0.05, 0) is 45.5 Å². The molecule has 190 valence electrons. The van der Waals surface area contributed by atoms with Gasteiger partial charge in [0.1, 0.15) is 5.82 Å². The molecule has 2 aromatic rings. The number of piperazine rings is 2. The van der Waals surface area contributed by atoms with E-state index in [0.717, 1.165) is 49.2 Å². The van der Waals surface area contributed by atoms with Gasteiger partial charge >= 0.3 is 0 Å². The van der Waals surface area contributed by atoms with Gasteiger partial charge in [0.2, 0.25) is 11.9 Å². The number of sulfone groups is 1. The molecule has 0 spiro atoms. The normalized spacial score (nSPS) is 17.8. The van der Waals surface area contributed by atoms with Crippen molar-refractivity contribution in [3.8, 4) is 0 Å². The van der Waals surface area contributed by atoms with Gasteiger partial charge in [-0.3, -0.25) is 4.79 Å². The molecule has 9 nitrogen and oxygen atoms in total. The summed E-state index contributed by atoms with van der Waals surface area (Å²) in [6.45, 7) is 11.9. The van der Waals surface area contributed by atoms with Crippen LogP contribution in [0.1, 0.15) is 25.1 Å². The van der Waals surface area contributed by atoms with Crippen LogP contribution >= 0.6 is 0 Å². The average molecular weight is 501 g/mol. The molecule has 0 aliphatic carbocycles. The average Bonchev–Trinajstić information content (AvgIpc) is 2.84. The van der Waals surface area contributed by atoms with Gasteiger partial charge < -0.3 is 19.6 Å². The molecule has 0 saturated carbocycles. The molecule has 2 saturated heterocycles. The summed E-state index contributed by atoms with van der Waals surface area (Å²) in [5.74, 6) is 1.75. The third kappa shape index (κ3) is 5.92. The van der Waals surface area contributed by atoms with Crippen molar-refractivity contribution in [1.29, 1.82) is 0 Å². The molecule has 4 rings (SSSR count). The monoisotopic (exact) mass is 500 g/mol. The first kappa shape index (κ1) is 25.4. The number of carbonyl (C=O) groups is 1. The lowest BCUT2D eigenvalue weighted by Crippen LogP contribution is -2.50. The Hall–Kier alpha value is -2.72. The lowest BCUT2D eigenvalue weighted by atomic mass is 10.1. The van der Waals surface area contributed by atoms with Gasteiger partial charge in [-0.2, -0.15) is 4.98 Å². The van der Waals surface area contributed by atoms with E-state index >= 15 is 0 Å². The van der Waals surface area contributed by atoms with E-state index in [2.05, 4.69) is 26.7 Å². The van der Waals surface area contributed by atoms with Gasteiger partial charge in [-0.1, -0.05) is 12.1 Å². The van der Waals surface area contributed by atoms with Gasteiger partial charge in [0.05, 0.1) is 16.6 Å². The van der Waals surface area contributed by atoms with Gasteiger partial charge in [-0.25, -0.2) is 13.4 Å². The summed E-state index contributed by atoms with van der Waals surface area (Å²) >= 11 is 0. The van der Waals surface area contributed by atoms with Crippen molar-refractivity contribution in [3.05, 3.63) is 41.6 Å². The highest BCUT2D eigenvalue weighted by Gasteiger charge is 2.25. The second kappa shape index (κ2) is 10.5. The van der Waals surface area contributed by atoms with E-state index in [1.807, 2.05) is 17.9 Å². The molecule has 1 amide bonds. The number of benzene rings is 1. The topological polar surface area (TPSA) is 90.0 Å². The maximum atomic E-state index is 12.9. The van der Waals surface area contributed by atoms with Crippen molar-refractivity contribution < 1.29 is 13.2 Å². The first-order chi connectivity index (χ1) is 16.6. The van der Waals surface area contributed by atoms with E-state index in [4.69, 9.17) is 4.98 Å². The molecular formula is C25H36N6O3S. The second-order valence-electron chi connectivity index (χ2n) is 9.74. The molecule has 1 aromatic heterocycles. The van der Waals surface area contributed by atoms with E-state index in [0.29, 0.717) is 31.1 Å². The molecule has 0 radical (unpaired) electrons. The summed E-state index contributed by atoms with van der Waals surface area (Å²) in [6, 6.07) is 8.73. The van der Waals surface area contributed by atoms with Crippen LogP contribution in [0.5, 0.6) is 0 Å². The Morgan fingerprint density at radius 1 is 0.914 bits per heavy atom. The van der Waals surface area contributed by atoms with Crippen molar-refractivity contribution >= 4 is 27.5 Å². The van der Waals surface area contributed by atoms with E-state index in [1.165, 1.54) is 0 Å². The Morgan fingerprint density at radius 3 is 2.11 bits per heavy atom. The van der Waals surface area contributed by atoms with Gasteiger partial charge in [0.15, 0.2) is 9.84 Å². The molecule has 0 atom stereocenters. The number of carbonyl (C=O) groups excluding carboxylic acids is 1. The quantitative estimate of drug-likeness (QED) is 0.591. The molecule has 0 unspecified atom stereocenters. The van der Waals surface area contributed by atoms with Crippen LogP contribution in [0, 0.1) is 6.92 Å². The summed E-state index contributed by atoms with van der Waals surface area (Å²) in [6.07, 6.45) is 0.260. The van der Waals surface area contributed by atoms with Crippen LogP contribution in [0.3, 0.4) is 0 Å². The maximum absolute atomic E-state index is 12.9. The van der Waals surface area contributed by atoms with E-state index < -0.39 is 15.1 Å². The number of aryl methyl sites for hydroxylation is 1. The highest BCUT2D eigenvalue weighted by Crippen LogP contribution is 2.21. The minimum absolute atomic E-state index is 0.0485. The summed E-state index contributed by atoms with van der Waals surface area (Å²) < 4.78 is 24.6. The highest BCUT2D eigenvalue weighted by molar-refractivity contribution is 7.92. The second-order valence-corrected chi connectivity index (χ2v) is 12.2. The van der Waals surface area contributed by atoms with Crippen molar-refractivity contribution in [2.45, 2.75) is 37.3 Å². The smallest absolute Gasteiger partial charge is 0.227 e. The Morgan fingerprint density at radius 2 is 1.51 bits per heavy atom. The molecule has 0 bridgehead atoms. The van der Waals surface area contributed by atoms with Crippen LogP contribution in [0.15, 0.2) is 35.2 Å². The number of rotatable bonds is 6. The minimum Gasteiger partial charge on any atom is -0.354 e. The van der Waals surface area contributed by atoms with E-state index in [-0.39, 0.29) is 12.3 Å². The number of hydrogen-bond donors (Lipinski definition) is 0. The zero-order valence-electron chi connectivity index (χ0n) is 21.1. The fraction of sp³-hybridized carbons (Fsp3) is 0.560. The molecule has 35 heavy (non-hydrogen) atoms. The summed E-state index contributed by atoms with van der Waals surface area (Å²) in [5.41, 5.74) is 1.77. The van der Waals surface area contributed by atoms with Crippen LogP contribution in [-0.2, 0) is 21.1 Å². The molecule has 2 aliphatic rings.